The van der Waals surface area contributed by atoms with Crippen LogP contribution in [-0.2, 0) is 16.6 Å². The van der Waals surface area contributed by atoms with Gasteiger partial charge in [-0.2, -0.15) is 0 Å². The summed E-state index contributed by atoms with van der Waals surface area (Å²) in [6.45, 7) is 0.585. The molecule has 0 saturated heterocycles. The molecule has 19 heavy (non-hydrogen) atoms. The summed E-state index contributed by atoms with van der Waals surface area (Å²) in [5, 5.41) is 3.19. The summed E-state index contributed by atoms with van der Waals surface area (Å²) in [4.78, 5) is 0. The number of nitrogens with one attached hydrogen (secondary N) is 2. The van der Waals surface area contributed by atoms with Crippen molar-refractivity contribution in [1.29, 1.82) is 0 Å². The van der Waals surface area contributed by atoms with Crippen molar-refractivity contribution in [2.75, 3.05) is 16.3 Å². The summed E-state index contributed by atoms with van der Waals surface area (Å²) in [6, 6.07) is 10.8. The van der Waals surface area contributed by atoms with Gasteiger partial charge in [-0.05, 0) is 59.0 Å². The summed E-state index contributed by atoms with van der Waals surface area (Å²) >= 11 is 2.11. The van der Waals surface area contributed by atoms with Crippen LogP contribution >= 0.6 is 22.6 Å². The van der Waals surface area contributed by atoms with E-state index in [-0.39, 0.29) is 0 Å². The maximum absolute atomic E-state index is 11.1. The van der Waals surface area contributed by atoms with E-state index < -0.39 is 10.0 Å². The fourth-order valence-corrected chi connectivity index (χ4v) is 2.53. The van der Waals surface area contributed by atoms with Gasteiger partial charge in [0.05, 0.1) is 12.8 Å². The molecule has 0 atom stereocenters. The average molecular weight is 392 g/mol. The number of furan rings is 1. The highest BCUT2D eigenvalue weighted by Gasteiger charge is 2.02. The first-order valence-electron chi connectivity index (χ1n) is 5.48. The van der Waals surface area contributed by atoms with E-state index in [2.05, 4.69) is 32.6 Å². The van der Waals surface area contributed by atoms with Crippen LogP contribution in [0.25, 0.3) is 0 Å². The number of hydrogen-bond donors (Lipinski definition) is 2. The zero-order chi connectivity index (χ0) is 13.9. The molecule has 0 aliphatic carbocycles. The van der Waals surface area contributed by atoms with E-state index in [0.717, 1.165) is 21.5 Å². The average Bonchev–Trinajstić information content (AvgIpc) is 2.72. The van der Waals surface area contributed by atoms with Crippen molar-refractivity contribution in [2.24, 2.45) is 0 Å². The van der Waals surface area contributed by atoms with Crippen LogP contribution in [-0.4, -0.2) is 14.7 Å². The van der Waals surface area contributed by atoms with Crippen molar-refractivity contribution in [1.82, 2.24) is 0 Å². The number of halogens is 1. The van der Waals surface area contributed by atoms with Crippen LogP contribution in [0.3, 0.4) is 0 Å². The van der Waals surface area contributed by atoms with Crippen LogP contribution in [0.5, 0.6) is 0 Å². The summed E-state index contributed by atoms with van der Waals surface area (Å²) in [5.41, 5.74) is 1.44. The largest absolute Gasteiger partial charge is 0.454 e. The highest BCUT2D eigenvalue weighted by Crippen LogP contribution is 2.16. The summed E-state index contributed by atoms with van der Waals surface area (Å²) in [7, 11) is -3.23. The van der Waals surface area contributed by atoms with Gasteiger partial charge in [-0.3, -0.25) is 4.72 Å². The first-order valence-corrected chi connectivity index (χ1v) is 8.45. The Balaban J connectivity index is 1.95. The van der Waals surface area contributed by atoms with E-state index in [1.54, 1.807) is 24.3 Å². The Kier molecular flexibility index (Phi) is 4.35. The first-order chi connectivity index (χ1) is 8.92. The lowest BCUT2D eigenvalue weighted by Crippen LogP contribution is -2.09. The number of benzene rings is 1. The molecule has 0 saturated carbocycles. The molecule has 0 spiro atoms. The summed E-state index contributed by atoms with van der Waals surface area (Å²) in [5.74, 6) is 0.850. The Bertz CT molecular complexity index is 650. The molecule has 0 radical (unpaired) electrons. The molecule has 2 N–H and O–H groups in total. The van der Waals surface area contributed by atoms with E-state index >= 15 is 0 Å². The minimum absolute atomic E-state index is 0.542. The lowest BCUT2D eigenvalue weighted by atomic mass is 10.3. The SMILES string of the molecule is CS(=O)(=O)Nc1ccc(NCc2ccc(I)o2)cc1. The lowest BCUT2D eigenvalue weighted by molar-refractivity contribution is 0.493. The predicted octanol–water partition coefficient (Wildman–Crippen LogP) is 2.87. The molecule has 1 heterocycles. The van der Waals surface area contributed by atoms with Crippen molar-refractivity contribution in [3.05, 3.63) is 45.9 Å². The van der Waals surface area contributed by atoms with Gasteiger partial charge in [0, 0.05) is 11.4 Å². The van der Waals surface area contributed by atoms with Gasteiger partial charge in [0.1, 0.15) is 5.76 Å². The minimum atomic E-state index is -3.23. The topological polar surface area (TPSA) is 71.3 Å². The molecule has 5 nitrogen and oxygen atoms in total. The third-order valence-electron chi connectivity index (χ3n) is 2.28. The van der Waals surface area contributed by atoms with Crippen molar-refractivity contribution in [3.63, 3.8) is 0 Å². The second-order valence-corrected chi connectivity index (χ2v) is 6.82. The van der Waals surface area contributed by atoms with Gasteiger partial charge in [0.2, 0.25) is 10.0 Å². The van der Waals surface area contributed by atoms with Gasteiger partial charge >= 0.3 is 0 Å². The van der Waals surface area contributed by atoms with E-state index in [9.17, 15) is 8.42 Å². The molecule has 7 heteroatoms. The molecule has 2 aromatic rings. The van der Waals surface area contributed by atoms with Crippen LogP contribution in [0, 0.1) is 3.77 Å². The van der Waals surface area contributed by atoms with Gasteiger partial charge in [0.15, 0.2) is 3.77 Å². The van der Waals surface area contributed by atoms with Crippen LogP contribution in [0.2, 0.25) is 0 Å². The minimum Gasteiger partial charge on any atom is -0.454 e. The predicted molar refractivity (Wildman–Crippen MR) is 83.7 cm³/mol. The Labute approximate surface area is 125 Å². The second-order valence-electron chi connectivity index (χ2n) is 4.01. The monoisotopic (exact) mass is 392 g/mol. The molecule has 0 fully saturated rings. The molecule has 0 aliphatic heterocycles. The summed E-state index contributed by atoms with van der Waals surface area (Å²) < 4.78 is 30.8. The first kappa shape index (κ1) is 14.2. The molecule has 0 unspecified atom stereocenters. The van der Waals surface area contributed by atoms with Crippen molar-refractivity contribution >= 4 is 44.0 Å². The maximum atomic E-state index is 11.1. The Morgan fingerprint density at radius 1 is 1.11 bits per heavy atom. The Morgan fingerprint density at radius 3 is 2.26 bits per heavy atom. The van der Waals surface area contributed by atoms with Crippen molar-refractivity contribution in [3.8, 4) is 0 Å². The normalized spacial score (nSPS) is 11.3. The third kappa shape index (κ3) is 4.75. The molecule has 102 valence electrons. The maximum Gasteiger partial charge on any atom is 0.229 e. The van der Waals surface area contributed by atoms with E-state index in [1.165, 1.54) is 0 Å². The van der Waals surface area contributed by atoms with Crippen LogP contribution in [0.1, 0.15) is 5.76 Å². The number of hydrogen-bond acceptors (Lipinski definition) is 4. The smallest absolute Gasteiger partial charge is 0.229 e. The number of sulfonamides is 1. The van der Waals surface area contributed by atoms with Crippen LogP contribution in [0.15, 0.2) is 40.8 Å². The molecule has 0 amide bonds. The van der Waals surface area contributed by atoms with Crippen LogP contribution < -0.4 is 10.0 Å². The molecule has 1 aromatic heterocycles. The zero-order valence-electron chi connectivity index (χ0n) is 10.2. The molecule has 0 aliphatic rings. The fourth-order valence-electron chi connectivity index (χ4n) is 1.51. The number of anilines is 2. The highest BCUT2D eigenvalue weighted by molar-refractivity contribution is 14.1. The fraction of sp³-hybridized carbons (Fsp3) is 0.167. The van der Waals surface area contributed by atoms with Gasteiger partial charge < -0.3 is 9.73 Å². The molecule has 2 rings (SSSR count). The second kappa shape index (κ2) is 5.83. The van der Waals surface area contributed by atoms with Crippen LogP contribution in [0.4, 0.5) is 11.4 Å². The van der Waals surface area contributed by atoms with Gasteiger partial charge in [-0.15, -0.1) is 0 Å². The van der Waals surface area contributed by atoms with Crippen molar-refractivity contribution < 1.29 is 12.8 Å². The third-order valence-corrected chi connectivity index (χ3v) is 3.47. The number of rotatable bonds is 5. The van der Waals surface area contributed by atoms with Gasteiger partial charge in [-0.1, -0.05) is 0 Å². The molecule has 1 aromatic carbocycles. The molecular formula is C12H13IN2O3S. The standard InChI is InChI=1S/C12H13IN2O3S/c1-19(16,17)15-10-4-2-9(3-5-10)14-8-11-6-7-12(13)18-11/h2-7,14-15H,8H2,1H3. The van der Waals surface area contributed by atoms with E-state index in [1.807, 2.05) is 12.1 Å². The zero-order valence-corrected chi connectivity index (χ0v) is 13.2. The Morgan fingerprint density at radius 2 is 1.74 bits per heavy atom. The van der Waals surface area contributed by atoms with E-state index in [0.29, 0.717) is 12.2 Å². The summed E-state index contributed by atoms with van der Waals surface area (Å²) in [6.07, 6.45) is 1.12. The van der Waals surface area contributed by atoms with Crippen molar-refractivity contribution in [2.45, 2.75) is 6.54 Å². The Hall–Kier alpha value is -1.22. The quantitative estimate of drug-likeness (QED) is 0.768. The highest BCUT2D eigenvalue weighted by atomic mass is 127. The van der Waals surface area contributed by atoms with E-state index in [4.69, 9.17) is 4.42 Å². The van der Waals surface area contributed by atoms with Gasteiger partial charge in [0.25, 0.3) is 0 Å². The molecular weight excluding hydrogens is 379 g/mol. The lowest BCUT2D eigenvalue weighted by Gasteiger charge is -2.07. The molecule has 0 bridgehead atoms. The van der Waals surface area contributed by atoms with Gasteiger partial charge in [-0.25, -0.2) is 8.42 Å².